The third kappa shape index (κ3) is 5.30. The first-order valence-corrected chi connectivity index (χ1v) is 11.5. The number of rotatable bonds is 7. The van der Waals surface area contributed by atoms with E-state index in [1.807, 2.05) is 49.4 Å². The molecular formula is C28H30N2O5. The van der Waals surface area contributed by atoms with Crippen molar-refractivity contribution in [3.63, 3.8) is 0 Å². The minimum Gasteiger partial charge on any atom is -0.497 e. The average Bonchev–Trinajstić information content (AvgIpc) is 2.90. The lowest BCUT2D eigenvalue weighted by atomic mass is 9.73. The molecule has 1 aliphatic rings. The first-order chi connectivity index (χ1) is 16.9. The summed E-state index contributed by atoms with van der Waals surface area (Å²) in [4.78, 5) is 26.3. The van der Waals surface area contributed by atoms with Crippen molar-refractivity contribution >= 4 is 23.2 Å². The Morgan fingerprint density at radius 3 is 2.17 bits per heavy atom. The van der Waals surface area contributed by atoms with Gasteiger partial charge in [0.05, 0.1) is 25.3 Å². The zero-order valence-electron chi connectivity index (χ0n) is 20.2. The summed E-state index contributed by atoms with van der Waals surface area (Å²) < 4.78 is 16.2. The first kappa shape index (κ1) is 24.3. The van der Waals surface area contributed by atoms with E-state index < -0.39 is 5.41 Å². The summed E-state index contributed by atoms with van der Waals surface area (Å²) in [6, 6.07) is 20.1. The maximum absolute atomic E-state index is 13.5. The Bertz CT molecular complexity index is 1180. The molecule has 0 atom stereocenters. The lowest BCUT2D eigenvalue weighted by Crippen LogP contribution is -2.44. The van der Waals surface area contributed by atoms with Crippen LogP contribution in [-0.2, 0) is 14.9 Å². The molecule has 0 radical (unpaired) electrons. The van der Waals surface area contributed by atoms with Crippen molar-refractivity contribution < 1.29 is 23.8 Å². The van der Waals surface area contributed by atoms with Crippen molar-refractivity contribution in [3.8, 4) is 11.5 Å². The summed E-state index contributed by atoms with van der Waals surface area (Å²) in [6.45, 7) is 2.99. The van der Waals surface area contributed by atoms with Crippen LogP contribution >= 0.6 is 0 Å². The van der Waals surface area contributed by atoms with Crippen LogP contribution < -0.4 is 20.1 Å². The number of hydrogen-bond donors (Lipinski definition) is 2. The van der Waals surface area contributed by atoms with Crippen LogP contribution in [0.1, 0.15) is 34.3 Å². The fourth-order valence-corrected chi connectivity index (χ4v) is 4.33. The standard InChI is InChI=1S/C28H30N2O5/c1-19-4-13-24(25(18-19)34-3)30-26(31)20-5-9-22(10-6-20)29-27(32)28(14-16-35-17-15-28)21-7-11-23(33-2)12-8-21/h4-13,18H,14-17H2,1-3H3,(H,29,32)(H,30,31). The predicted octanol–water partition coefficient (Wildman–Crippen LogP) is 4.95. The molecule has 1 saturated heterocycles. The number of benzene rings is 3. The lowest BCUT2D eigenvalue weighted by molar-refractivity contribution is -0.125. The molecule has 2 N–H and O–H groups in total. The molecule has 1 aliphatic heterocycles. The Balaban J connectivity index is 1.48. The van der Waals surface area contributed by atoms with E-state index >= 15 is 0 Å². The second-order valence-corrected chi connectivity index (χ2v) is 8.61. The molecule has 0 bridgehead atoms. The summed E-state index contributed by atoms with van der Waals surface area (Å²) in [6.07, 6.45) is 1.17. The van der Waals surface area contributed by atoms with Gasteiger partial charge in [0.25, 0.3) is 5.91 Å². The molecule has 3 aromatic carbocycles. The van der Waals surface area contributed by atoms with Crippen molar-refractivity contribution in [2.75, 3.05) is 38.1 Å². The molecule has 3 aromatic rings. The summed E-state index contributed by atoms with van der Waals surface area (Å²) in [5.74, 6) is 0.993. The number of amides is 2. The summed E-state index contributed by atoms with van der Waals surface area (Å²) >= 11 is 0. The van der Waals surface area contributed by atoms with E-state index in [0.29, 0.717) is 48.7 Å². The summed E-state index contributed by atoms with van der Waals surface area (Å²) in [5, 5.41) is 5.92. The normalized spacial score (nSPS) is 14.6. The molecule has 0 aliphatic carbocycles. The van der Waals surface area contributed by atoms with Gasteiger partial charge in [-0.1, -0.05) is 18.2 Å². The van der Waals surface area contributed by atoms with Crippen LogP contribution in [0, 0.1) is 6.92 Å². The van der Waals surface area contributed by atoms with Crippen LogP contribution in [-0.4, -0.2) is 39.2 Å². The van der Waals surface area contributed by atoms with Gasteiger partial charge in [-0.3, -0.25) is 9.59 Å². The van der Waals surface area contributed by atoms with Gasteiger partial charge in [0.2, 0.25) is 5.91 Å². The number of ether oxygens (including phenoxy) is 3. The molecule has 0 saturated carbocycles. The van der Waals surface area contributed by atoms with Crippen LogP contribution in [0.3, 0.4) is 0 Å². The van der Waals surface area contributed by atoms with Crippen LogP contribution in [0.25, 0.3) is 0 Å². The van der Waals surface area contributed by atoms with Gasteiger partial charge in [0.1, 0.15) is 11.5 Å². The van der Waals surface area contributed by atoms with Crippen molar-refractivity contribution in [2.24, 2.45) is 0 Å². The predicted molar refractivity (Wildman–Crippen MR) is 135 cm³/mol. The van der Waals surface area contributed by atoms with Crippen LogP contribution in [0.2, 0.25) is 0 Å². The third-order valence-electron chi connectivity index (χ3n) is 6.43. The van der Waals surface area contributed by atoms with Gasteiger partial charge < -0.3 is 24.8 Å². The Kier molecular flexibility index (Phi) is 7.36. The molecule has 182 valence electrons. The van der Waals surface area contributed by atoms with E-state index in [1.54, 1.807) is 38.5 Å². The van der Waals surface area contributed by atoms with Gasteiger partial charge in [0, 0.05) is 24.5 Å². The second-order valence-electron chi connectivity index (χ2n) is 8.61. The van der Waals surface area contributed by atoms with Gasteiger partial charge in [-0.05, 0) is 79.4 Å². The van der Waals surface area contributed by atoms with Gasteiger partial charge in [-0.2, -0.15) is 0 Å². The number of carbonyl (C=O) groups is 2. The largest absolute Gasteiger partial charge is 0.497 e. The number of anilines is 2. The molecule has 7 heteroatoms. The number of nitrogens with one attached hydrogen (secondary N) is 2. The molecule has 0 aromatic heterocycles. The highest BCUT2D eigenvalue weighted by Gasteiger charge is 2.41. The smallest absolute Gasteiger partial charge is 0.255 e. The molecule has 4 rings (SSSR count). The molecule has 2 amide bonds. The molecule has 1 fully saturated rings. The maximum atomic E-state index is 13.5. The Morgan fingerprint density at radius 1 is 0.857 bits per heavy atom. The SMILES string of the molecule is COc1ccc(C2(C(=O)Nc3ccc(C(=O)Nc4ccc(C)cc4OC)cc3)CCOCC2)cc1. The molecule has 7 nitrogen and oxygen atoms in total. The number of methoxy groups -OCH3 is 2. The van der Waals surface area contributed by atoms with Gasteiger partial charge >= 0.3 is 0 Å². The van der Waals surface area contributed by atoms with E-state index in [0.717, 1.165) is 16.9 Å². The highest BCUT2D eigenvalue weighted by molar-refractivity contribution is 6.05. The minimum atomic E-state index is -0.692. The molecule has 0 unspecified atom stereocenters. The quantitative estimate of drug-likeness (QED) is 0.506. The van der Waals surface area contributed by atoms with E-state index in [4.69, 9.17) is 14.2 Å². The number of aryl methyl sites for hydroxylation is 1. The molecular weight excluding hydrogens is 444 g/mol. The average molecular weight is 475 g/mol. The maximum Gasteiger partial charge on any atom is 0.255 e. The highest BCUT2D eigenvalue weighted by Crippen LogP contribution is 2.37. The van der Waals surface area contributed by atoms with Crippen molar-refractivity contribution in [3.05, 3.63) is 83.4 Å². The molecule has 35 heavy (non-hydrogen) atoms. The number of carbonyl (C=O) groups excluding carboxylic acids is 2. The first-order valence-electron chi connectivity index (χ1n) is 11.5. The van der Waals surface area contributed by atoms with E-state index in [2.05, 4.69) is 10.6 Å². The fraction of sp³-hybridized carbons (Fsp3) is 0.286. The molecule has 1 heterocycles. The summed E-state index contributed by atoms with van der Waals surface area (Å²) in [7, 11) is 3.19. The van der Waals surface area contributed by atoms with Crippen LogP contribution in [0.5, 0.6) is 11.5 Å². The van der Waals surface area contributed by atoms with Gasteiger partial charge in [0.15, 0.2) is 0 Å². The van der Waals surface area contributed by atoms with Crippen molar-refractivity contribution in [2.45, 2.75) is 25.2 Å². The van der Waals surface area contributed by atoms with Gasteiger partial charge in [-0.15, -0.1) is 0 Å². The number of hydrogen-bond acceptors (Lipinski definition) is 5. The summed E-state index contributed by atoms with van der Waals surface area (Å²) in [5.41, 5.74) is 2.98. The van der Waals surface area contributed by atoms with Gasteiger partial charge in [-0.25, -0.2) is 0 Å². The van der Waals surface area contributed by atoms with Crippen LogP contribution in [0.4, 0.5) is 11.4 Å². The minimum absolute atomic E-state index is 0.0902. The monoisotopic (exact) mass is 474 g/mol. The Labute approximate surface area is 205 Å². The second kappa shape index (κ2) is 10.6. The fourth-order valence-electron chi connectivity index (χ4n) is 4.33. The topological polar surface area (TPSA) is 85.9 Å². The Hall–Kier alpha value is -3.84. The zero-order valence-corrected chi connectivity index (χ0v) is 20.2. The molecule has 0 spiro atoms. The third-order valence-corrected chi connectivity index (χ3v) is 6.43. The van der Waals surface area contributed by atoms with E-state index in [9.17, 15) is 9.59 Å². The Morgan fingerprint density at radius 2 is 1.54 bits per heavy atom. The zero-order chi connectivity index (χ0) is 24.8. The van der Waals surface area contributed by atoms with E-state index in [1.165, 1.54) is 0 Å². The lowest BCUT2D eigenvalue weighted by Gasteiger charge is -2.36. The highest BCUT2D eigenvalue weighted by atomic mass is 16.5. The van der Waals surface area contributed by atoms with Crippen molar-refractivity contribution in [1.29, 1.82) is 0 Å². The van der Waals surface area contributed by atoms with Crippen LogP contribution in [0.15, 0.2) is 66.7 Å². The van der Waals surface area contributed by atoms with Crippen molar-refractivity contribution in [1.82, 2.24) is 0 Å². The van der Waals surface area contributed by atoms with E-state index in [-0.39, 0.29) is 11.8 Å².